The molecule has 2 rings (SSSR count). The fourth-order valence-corrected chi connectivity index (χ4v) is 4.44. The summed E-state index contributed by atoms with van der Waals surface area (Å²) in [6.07, 6.45) is 1.68. The molecule has 0 spiro atoms. The average molecular weight is 503 g/mol. The number of likely N-dealkylation sites (N-methyl/N-ethyl adjacent to an activating group) is 1. The molecule has 1 saturated heterocycles. The van der Waals surface area contributed by atoms with Gasteiger partial charge in [0.05, 0.1) is 8.48 Å². The molecule has 0 unspecified atom stereocenters. The van der Waals surface area contributed by atoms with Gasteiger partial charge >= 0.3 is 0 Å². The van der Waals surface area contributed by atoms with Crippen LogP contribution in [0.3, 0.4) is 0 Å². The molecule has 7 heteroatoms. The first-order chi connectivity index (χ1) is 8.40. The Morgan fingerprint density at radius 2 is 2.11 bits per heavy atom. The summed E-state index contributed by atoms with van der Waals surface area (Å²) in [6.45, 7) is 0. The molecule has 94 valence electrons. The Labute approximate surface area is 141 Å². The Balaban J connectivity index is 2.46. The van der Waals surface area contributed by atoms with Crippen molar-refractivity contribution in [1.29, 1.82) is 0 Å². The molecular weight excluding hydrogens is 496 g/mol. The number of benzene rings is 1. The zero-order chi connectivity index (χ0) is 13.4. The number of thiocarbonyl (C=S) groups is 1. The minimum Gasteiger partial charge on any atom is -0.506 e. The van der Waals surface area contributed by atoms with Gasteiger partial charge in [0.15, 0.2) is 0 Å². The smallest absolute Gasteiger partial charge is 0.265 e. The molecule has 1 aliphatic heterocycles. The van der Waals surface area contributed by atoms with Crippen LogP contribution in [0.1, 0.15) is 5.56 Å². The molecule has 1 N–H and O–H groups in total. The van der Waals surface area contributed by atoms with E-state index in [4.69, 9.17) is 12.2 Å². The lowest BCUT2D eigenvalue weighted by atomic mass is 10.2. The monoisotopic (exact) mass is 503 g/mol. The molecule has 18 heavy (non-hydrogen) atoms. The van der Waals surface area contributed by atoms with Crippen LogP contribution in [0.4, 0.5) is 0 Å². The molecule has 1 aromatic carbocycles. The third-order valence-electron chi connectivity index (χ3n) is 2.33. The van der Waals surface area contributed by atoms with Crippen molar-refractivity contribution in [3.63, 3.8) is 0 Å². The first-order valence-electron chi connectivity index (χ1n) is 4.79. The van der Waals surface area contributed by atoms with Crippen LogP contribution < -0.4 is 0 Å². The number of hydrogen-bond donors (Lipinski definition) is 1. The summed E-state index contributed by atoms with van der Waals surface area (Å²) >= 11 is 10.5. The van der Waals surface area contributed by atoms with Gasteiger partial charge in [-0.05, 0) is 63.4 Å². The van der Waals surface area contributed by atoms with Crippen molar-refractivity contribution in [2.75, 3.05) is 7.05 Å². The van der Waals surface area contributed by atoms with Crippen LogP contribution in [0.5, 0.6) is 5.75 Å². The number of phenolic OH excluding ortho intramolecular Hbond substituents is 1. The summed E-state index contributed by atoms with van der Waals surface area (Å²) in [7, 11) is 1.65. The molecule has 1 aliphatic rings. The van der Waals surface area contributed by atoms with Crippen molar-refractivity contribution >= 4 is 85.5 Å². The molecular formula is C11H7I2NO2S2. The van der Waals surface area contributed by atoms with Gasteiger partial charge in [-0.25, -0.2) is 0 Å². The Hall–Kier alpha value is 0.130. The number of hydrogen-bond acceptors (Lipinski definition) is 4. The Kier molecular flexibility index (Phi) is 4.55. The van der Waals surface area contributed by atoms with E-state index in [1.807, 2.05) is 12.1 Å². The van der Waals surface area contributed by atoms with Crippen molar-refractivity contribution in [2.45, 2.75) is 0 Å². The molecule has 0 aromatic heterocycles. The summed E-state index contributed by atoms with van der Waals surface area (Å²) in [4.78, 5) is 13.8. The molecule has 1 amide bonds. The zero-order valence-corrected chi connectivity index (χ0v) is 15.1. The maximum Gasteiger partial charge on any atom is 0.265 e. The zero-order valence-electron chi connectivity index (χ0n) is 9.11. The summed E-state index contributed by atoms with van der Waals surface area (Å²) < 4.78 is 2.30. The molecule has 0 bridgehead atoms. The number of phenols is 1. The van der Waals surface area contributed by atoms with Gasteiger partial charge in [-0.2, -0.15) is 0 Å². The fourth-order valence-electron chi connectivity index (χ4n) is 1.38. The lowest BCUT2D eigenvalue weighted by Gasteiger charge is -2.05. The summed E-state index contributed by atoms with van der Waals surface area (Å²) in [5.41, 5.74) is 0.639. The maximum atomic E-state index is 11.9. The van der Waals surface area contributed by atoms with E-state index >= 15 is 0 Å². The highest BCUT2D eigenvalue weighted by Gasteiger charge is 2.28. The van der Waals surface area contributed by atoms with Gasteiger partial charge in [0, 0.05) is 16.2 Å². The van der Waals surface area contributed by atoms with E-state index in [0.717, 1.165) is 7.14 Å². The van der Waals surface area contributed by atoms with Gasteiger partial charge in [0.1, 0.15) is 10.1 Å². The molecule has 1 aromatic rings. The Morgan fingerprint density at radius 3 is 2.67 bits per heavy atom. The number of rotatable bonds is 1. The standard InChI is InChI=1S/C11H7I2NO2S2/c1-14-10(16)8(18-11(14)17)3-5-2-6(12)4-7(13)9(5)15/h2-4,15H,1H3/b8-3+. The number of amides is 1. The first kappa shape index (κ1) is 14.5. The van der Waals surface area contributed by atoms with E-state index in [1.54, 1.807) is 13.1 Å². The Bertz CT molecular complexity index is 587. The Morgan fingerprint density at radius 1 is 1.44 bits per heavy atom. The molecule has 1 fully saturated rings. The van der Waals surface area contributed by atoms with Crippen molar-refractivity contribution < 1.29 is 9.90 Å². The van der Waals surface area contributed by atoms with Gasteiger partial charge < -0.3 is 5.11 Å². The highest BCUT2D eigenvalue weighted by molar-refractivity contribution is 14.1. The topological polar surface area (TPSA) is 40.5 Å². The lowest BCUT2D eigenvalue weighted by molar-refractivity contribution is -0.121. The number of carbonyl (C=O) groups excluding carboxylic acids is 1. The van der Waals surface area contributed by atoms with Crippen LogP contribution in [0, 0.1) is 7.14 Å². The second kappa shape index (κ2) is 5.63. The number of nitrogens with zero attached hydrogens (tertiary/aromatic N) is 1. The van der Waals surface area contributed by atoms with Crippen LogP contribution in [0.15, 0.2) is 17.0 Å². The molecule has 0 atom stereocenters. The van der Waals surface area contributed by atoms with Gasteiger partial charge in [0.25, 0.3) is 5.91 Å². The number of carbonyl (C=O) groups is 1. The maximum absolute atomic E-state index is 11.9. The van der Waals surface area contributed by atoms with Gasteiger partial charge in [-0.3, -0.25) is 9.69 Å². The third-order valence-corrected chi connectivity index (χ3v) is 5.26. The molecule has 3 nitrogen and oxygen atoms in total. The summed E-state index contributed by atoms with van der Waals surface area (Å²) in [5.74, 6) is 0.0654. The molecule has 0 radical (unpaired) electrons. The van der Waals surface area contributed by atoms with Crippen LogP contribution in [0.2, 0.25) is 0 Å². The second-order valence-corrected chi connectivity index (χ2v) is 7.65. The number of aromatic hydroxyl groups is 1. The van der Waals surface area contributed by atoms with Gasteiger partial charge in [-0.15, -0.1) is 0 Å². The molecule has 0 saturated carbocycles. The van der Waals surface area contributed by atoms with Crippen LogP contribution in [0.25, 0.3) is 6.08 Å². The normalized spacial score (nSPS) is 17.9. The predicted octanol–water partition coefficient (Wildman–Crippen LogP) is 3.43. The third kappa shape index (κ3) is 2.83. The van der Waals surface area contributed by atoms with E-state index in [1.165, 1.54) is 16.7 Å². The minimum absolute atomic E-state index is 0.127. The minimum atomic E-state index is -0.127. The SMILES string of the molecule is CN1C(=O)/C(=C\c2cc(I)cc(I)c2O)SC1=S. The quantitative estimate of drug-likeness (QED) is 0.363. The fraction of sp³-hybridized carbons (Fsp3) is 0.0909. The van der Waals surface area contributed by atoms with E-state index < -0.39 is 0 Å². The number of thioether (sulfide) groups is 1. The lowest BCUT2D eigenvalue weighted by Crippen LogP contribution is -2.22. The predicted molar refractivity (Wildman–Crippen MR) is 94.5 cm³/mol. The number of halogens is 2. The van der Waals surface area contributed by atoms with Crippen LogP contribution in [-0.4, -0.2) is 27.3 Å². The van der Waals surface area contributed by atoms with E-state index in [-0.39, 0.29) is 11.7 Å². The van der Waals surface area contributed by atoms with E-state index in [2.05, 4.69) is 45.2 Å². The van der Waals surface area contributed by atoms with E-state index in [9.17, 15) is 9.90 Å². The first-order valence-corrected chi connectivity index (χ1v) is 8.18. The second-order valence-electron chi connectivity index (χ2n) is 3.57. The van der Waals surface area contributed by atoms with Gasteiger partial charge in [-0.1, -0.05) is 24.0 Å². The highest BCUT2D eigenvalue weighted by atomic mass is 127. The van der Waals surface area contributed by atoms with Crippen molar-refractivity contribution in [1.82, 2.24) is 4.90 Å². The van der Waals surface area contributed by atoms with Crippen molar-refractivity contribution in [3.8, 4) is 5.75 Å². The van der Waals surface area contributed by atoms with Crippen molar-refractivity contribution in [3.05, 3.63) is 29.7 Å². The van der Waals surface area contributed by atoms with E-state index in [0.29, 0.717) is 14.8 Å². The summed E-state index contributed by atoms with van der Waals surface area (Å²) in [5, 5.41) is 9.98. The summed E-state index contributed by atoms with van der Waals surface area (Å²) in [6, 6.07) is 3.71. The molecule has 1 heterocycles. The molecule has 0 aliphatic carbocycles. The highest BCUT2D eigenvalue weighted by Crippen LogP contribution is 2.35. The van der Waals surface area contributed by atoms with Crippen LogP contribution in [-0.2, 0) is 4.79 Å². The van der Waals surface area contributed by atoms with Crippen molar-refractivity contribution in [2.24, 2.45) is 0 Å². The van der Waals surface area contributed by atoms with Crippen LogP contribution >= 0.6 is 69.2 Å². The van der Waals surface area contributed by atoms with Gasteiger partial charge in [0.2, 0.25) is 0 Å². The largest absolute Gasteiger partial charge is 0.506 e. The average Bonchev–Trinajstić information content (AvgIpc) is 2.53.